The molecule has 1 amide bonds. The van der Waals surface area contributed by atoms with E-state index in [1.807, 2.05) is 0 Å². The lowest BCUT2D eigenvalue weighted by atomic mass is 10.1. The molecule has 1 aromatic heterocycles. The van der Waals surface area contributed by atoms with Gasteiger partial charge in [-0.15, -0.1) is 0 Å². The van der Waals surface area contributed by atoms with Crippen molar-refractivity contribution in [3.8, 4) is 0 Å². The molecule has 21 heavy (non-hydrogen) atoms. The molecule has 2 aromatic rings. The van der Waals surface area contributed by atoms with Crippen molar-refractivity contribution in [2.24, 2.45) is 5.10 Å². The Morgan fingerprint density at radius 2 is 1.90 bits per heavy atom. The molecule has 6 heteroatoms. The normalized spacial score (nSPS) is 11.6. The van der Waals surface area contributed by atoms with E-state index in [9.17, 15) is 13.6 Å². The van der Waals surface area contributed by atoms with Crippen LogP contribution in [-0.4, -0.2) is 11.6 Å². The van der Waals surface area contributed by atoms with Gasteiger partial charge in [-0.05, 0) is 45.0 Å². The third-order valence-electron chi connectivity index (χ3n) is 2.93. The second-order valence-corrected chi connectivity index (χ2v) is 4.59. The average molecular weight is 292 g/mol. The number of carbonyl (C=O) groups excluding carboxylic acids is 1. The first kappa shape index (κ1) is 14.9. The first-order valence-corrected chi connectivity index (χ1v) is 6.25. The van der Waals surface area contributed by atoms with E-state index in [1.54, 1.807) is 19.9 Å². The summed E-state index contributed by atoms with van der Waals surface area (Å²) in [6.07, 6.45) is 0. The van der Waals surface area contributed by atoms with Gasteiger partial charge < -0.3 is 4.42 Å². The number of rotatable bonds is 3. The van der Waals surface area contributed by atoms with E-state index in [-0.39, 0.29) is 11.3 Å². The molecule has 0 aliphatic rings. The van der Waals surface area contributed by atoms with Crippen molar-refractivity contribution < 1.29 is 18.0 Å². The van der Waals surface area contributed by atoms with E-state index in [4.69, 9.17) is 4.42 Å². The minimum absolute atomic E-state index is 0.00426. The summed E-state index contributed by atoms with van der Waals surface area (Å²) in [6.45, 7) is 4.86. The first-order valence-electron chi connectivity index (χ1n) is 6.25. The van der Waals surface area contributed by atoms with E-state index in [0.717, 1.165) is 18.2 Å². The number of furan rings is 1. The van der Waals surface area contributed by atoms with Gasteiger partial charge in [0.2, 0.25) is 0 Å². The zero-order chi connectivity index (χ0) is 15.6. The van der Waals surface area contributed by atoms with Crippen molar-refractivity contribution in [1.82, 2.24) is 5.43 Å². The van der Waals surface area contributed by atoms with Crippen LogP contribution in [0.15, 0.2) is 33.8 Å². The van der Waals surface area contributed by atoms with Crippen LogP contribution in [0, 0.1) is 25.5 Å². The standard InChI is InChI=1S/C15H14F2N2O2/c1-8-6-13(10(3)21-8)15(20)19-18-9(2)12-7-11(16)4-5-14(12)17/h4-7H,1-3H3,(H,19,20)/b18-9-. The largest absolute Gasteiger partial charge is 0.466 e. The van der Waals surface area contributed by atoms with E-state index in [2.05, 4.69) is 10.5 Å². The number of nitrogens with zero attached hydrogens (tertiary/aromatic N) is 1. The zero-order valence-corrected chi connectivity index (χ0v) is 11.8. The van der Waals surface area contributed by atoms with Gasteiger partial charge in [0, 0.05) is 5.56 Å². The molecular formula is C15H14F2N2O2. The maximum atomic E-state index is 13.6. The molecule has 4 nitrogen and oxygen atoms in total. The fourth-order valence-electron chi connectivity index (χ4n) is 1.89. The quantitative estimate of drug-likeness (QED) is 0.697. The number of amides is 1. The first-order chi connectivity index (χ1) is 9.88. The highest BCUT2D eigenvalue weighted by atomic mass is 19.1. The summed E-state index contributed by atoms with van der Waals surface area (Å²) in [5.41, 5.74) is 2.81. The third kappa shape index (κ3) is 3.34. The number of hydrogen-bond donors (Lipinski definition) is 1. The summed E-state index contributed by atoms with van der Waals surface area (Å²) in [5.74, 6) is -0.583. The van der Waals surface area contributed by atoms with Crippen LogP contribution >= 0.6 is 0 Å². The van der Waals surface area contributed by atoms with E-state index in [0.29, 0.717) is 17.1 Å². The van der Waals surface area contributed by atoms with Gasteiger partial charge in [-0.1, -0.05) is 0 Å². The molecular weight excluding hydrogens is 278 g/mol. The van der Waals surface area contributed by atoms with Gasteiger partial charge in [-0.2, -0.15) is 5.10 Å². The van der Waals surface area contributed by atoms with Crippen molar-refractivity contribution in [3.63, 3.8) is 0 Å². The van der Waals surface area contributed by atoms with Crippen molar-refractivity contribution in [2.45, 2.75) is 20.8 Å². The molecule has 0 fully saturated rings. The van der Waals surface area contributed by atoms with Crippen LogP contribution in [0.1, 0.15) is 34.4 Å². The molecule has 0 atom stereocenters. The van der Waals surface area contributed by atoms with Crippen LogP contribution in [0.2, 0.25) is 0 Å². The van der Waals surface area contributed by atoms with E-state index < -0.39 is 17.5 Å². The number of aryl methyl sites for hydroxylation is 2. The fourth-order valence-corrected chi connectivity index (χ4v) is 1.89. The van der Waals surface area contributed by atoms with Crippen LogP contribution in [-0.2, 0) is 0 Å². The molecule has 0 saturated carbocycles. The van der Waals surface area contributed by atoms with Crippen molar-refractivity contribution >= 4 is 11.6 Å². The van der Waals surface area contributed by atoms with Gasteiger partial charge >= 0.3 is 0 Å². The number of hydrogen-bond acceptors (Lipinski definition) is 3. The molecule has 1 aromatic carbocycles. The number of hydrazone groups is 1. The average Bonchev–Trinajstić information content (AvgIpc) is 2.77. The van der Waals surface area contributed by atoms with Gasteiger partial charge in [-0.25, -0.2) is 14.2 Å². The molecule has 0 aliphatic heterocycles. The lowest BCUT2D eigenvalue weighted by Crippen LogP contribution is -2.19. The number of carbonyl (C=O) groups is 1. The Bertz CT molecular complexity index is 720. The Hall–Kier alpha value is -2.50. The molecule has 110 valence electrons. The number of nitrogens with one attached hydrogen (secondary N) is 1. The topological polar surface area (TPSA) is 54.6 Å². The predicted octanol–water partition coefficient (Wildman–Crippen LogP) is 3.33. The Balaban J connectivity index is 2.19. The fraction of sp³-hybridized carbons (Fsp3) is 0.200. The van der Waals surface area contributed by atoms with E-state index in [1.165, 1.54) is 6.92 Å². The lowest BCUT2D eigenvalue weighted by Gasteiger charge is -2.04. The molecule has 0 bridgehead atoms. The minimum Gasteiger partial charge on any atom is -0.466 e. The Morgan fingerprint density at radius 3 is 2.52 bits per heavy atom. The monoisotopic (exact) mass is 292 g/mol. The van der Waals surface area contributed by atoms with Gasteiger partial charge in [0.25, 0.3) is 5.91 Å². The van der Waals surface area contributed by atoms with Gasteiger partial charge in [0.1, 0.15) is 23.2 Å². The Morgan fingerprint density at radius 1 is 1.19 bits per heavy atom. The molecule has 1 heterocycles. The summed E-state index contributed by atoms with van der Waals surface area (Å²) >= 11 is 0. The summed E-state index contributed by atoms with van der Waals surface area (Å²) in [7, 11) is 0. The molecule has 0 saturated heterocycles. The molecule has 0 aliphatic carbocycles. The summed E-state index contributed by atoms with van der Waals surface area (Å²) in [4.78, 5) is 11.9. The second kappa shape index (κ2) is 5.87. The highest BCUT2D eigenvalue weighted by Crippen LogP contribution is 2.14. The van der Waals surface area contributed by atoms with Crippen molar-refractivity contribution in [2.75, 3.05) is 0 Å². The molecule has 1 N–H and O–H groups in total. The smallest absolute Gasteiger partial charge is 0.274 e. The molecule has 0 unspecified atom stereocenters. The lowest BCUT2D eigenvalue weighted by molar-refractivity contribution is 0.0953. The summed E-state index contributed by atoms with van der Waals surface area (Å²) in [5, 5.41) is 3.79. The van der Waals surface area contributed by atoms with Gasteiger partial charge in [-0.3, -0.25) is 4.79 Å². The molecule has 0 radical (unpaired) electrons. The van der Waals surface area contributed by atoms with Crippen molar-refractivity contribution in [3.05, 3.63) is 58.5 Å². The maximum absolute atomic E-state index is 13.6. The van der Waals surface area contributed by atoms with E-state index >= 15 is 0 Å². The maximum Gasteiger partial charge on any atom is 0.274 e. The highest BCUT2D eigenvalue weighted by molar-refractivity contribution is 6.01. The highest BCUT2D eigenvalue weighted by Gasteiger charge is 2.13. The molecule has 2 rings (SSSR count). The SMILES string of the molecule is C/C(=N/NC(=O)c1cc(C)oc1C)c1cc(F)ccc1F. The van der Waals surface area contributed by atoms with Crippen LogP contribution in [0.4, 0.5) is 8.78 Å². The second-order valence-electron chi connectivity index (χ2n) is 4.59. The zero-order valence-electron chi connectivity index (χ0n) is 11.8. The van der Waals surface area contributed by atoms with Gasteiger partial charge in [0.05, 0.1) is 11.3 Å². The minimum atomic E-state index is -0.609. The predicted molar refractivity (Wildman–Crippen MR) is 74.2 cm³/mol. The summed E-state index contributed by atoms with van der Waals surface area (Å²) < 4.78 is 31.9. The van der Waals surface area contributed by atoms with Crippen LogP contribution in [0.25, 0.3) is 0 Å². The van der Waals surface area contributed by atoms with Crippen LogP contribution < -0.4 is 5.43 Å². The Kier molecular flexibility index (Phi) is 4.16. The van der Waals surface area contributed by atoms with Gasteiger partial charge in [0.15, 0.2) is 0 Å². The van der Waals surface area contributed by atoms with Crippen molar-refractivity contribution in [1.29, 1.82) is 0 Å². The van der Waals surface area contributed by atoms with Crippen LogP contribution in [0.5, 0.6) is 0 Å². The van der Waals surface area contributed by atoms with Crippen LogP contribution in [0.3, 0.4) is 0 Å². The number of halogens is 2. The molecule has 0 spiro atoms. The summed E-state index contributed by atoms with van der Waals surface area (Å²) in [6, 6.07) is 4.63. The number of benzene rings is 1. The Labute approximate surface area is 120 Å². The third-order valence-corrected chi connectivity index (χ3v) is 2.93.